The highest BCUT2D eigenvalue weighted by atomic mass is 16.6. The molecule has 0 aliphatic carbocycles. The van der Waals surface area contributed by atoms with E-state index in [4.69, 9.17) is 18.9 Å². The van der Waals surface area contributed by atoms with Crippen LogP contribution < -0.4 is 10.6 Å². The minimum atomic E-state index is -0.477. The largest absolute Gasteiger partial charge is 0.501 e. The summed E-state index contributed by atoms with van der Waals surface area (Å²) in [5.41, 5.74) is 3.95. The number of hydrogen-bond donors (Lipinski definition) is 2. The summed E-state index contributed by atoms with van der Waals surface area (Å²) >= 11 is 0. The second-order valence-electron chi connectivity index (χ2n) is 6.67. The van der Waals surface area contributed by atoms with E-state index < -0.39 is 12.2 Å². The fourth-order valence-electron chi connectivity index (χ4n) is 3.07. The van der Waals surface area contributed by atoms with Gasteiger partial charge in [0.15, 0.2) is 0 Å². The Hall–Kier alpha value is -3.16. The van der Waals surface area contributed by atoms with E-state index >= 15 is 0 Å². The zero-order valence-electron chi connectivity index (χ0n) is 19.6. The van der Waals surface area contributed by atoms with Crippen molar-refractivity contribution in [3.05, 3.63) is 59.1 Å². The van der Waals surface area contributed by atoms with Crippen molar-refractivity contribution >= 4 is 12.2 Å². The lowest BCUT2D eigenvalue weighted by Gasteiger charge is -2.20. The van der Waals surface area contributed by atoms with Crippen LogP contribution in [0.1, 0.15) is 49.9 Å². The molecule has 0 bridgehead atoms. The van der Waals surface area contributed by atoms with Crippen LogP contribution in [0.5, 0.6) is 0 Å². The molecule has 0 aliphatic heterocycles. The van der Waals surface area contributed by atoms with Crippen LogP contribution in [-0.2, 0) is 44.9 Å². The number of allylic oxidation sites excluding steroid dienone is 2. The molecular formula is C24H36N2O6. The van der Waals surface area contributed by atoms with Gasteiger partial charge in [-0.25, -0.2) is 9.59 Å². The Labute approximate surface area is 190 Å². The van der Waals surface area contributed by atoms with Gasteiger partial charge < -0.3 is 29.6 Å². The summed E-state index contributed by atoms with van der Waals surface area (Å²) in [6.45, 7) is 9.45. The smallest absolute Gasteiger partial charge is 0.407 e. The summed E-state index contributed by atoms with van der Waals surface area (Å²) in [5, 5.41) is 5.59. The number of alkyl carbamates (subject to hydrolysis) is 2. The van der Waals surface area contributed by atoms with Gasteiger partial charge in [0, 0.05) is 25.9 Å². The maximum Gasteiger partial charge on any atom is 0.407 e. The van der Waals surface area contributed by atoms with Gasteiger partial charge in [0.2, 0.25) is 0 Å². The molecule has 0 aromatic heterocycles. The maximum absolute atomic E-state index is 11.9. The molecule has 178 valence electrons. The fourth-order valence-corrected chi connectivity index (χ4v) is 3.07. The Kier molecular flexibility index (Phi) is 13.9. The van der Waals surface area contributed by atoms with E-state index in [0.29, 0.717) is 52.4 Å². The molecule has 32 heavy (non-hydrogen) atoms. The summed E-state index contributed by atoms with van der Waals surface area (Å²) in [6, 6.07) is 3.98. The zero-order chi connectivity index (χ0) is 23.6. The third-order valence-electron chi connectivity index (χ3n) is 4.43. The van der Waals surface area contributed by atoms with Gasteiger partial charge in [0.25, 0.3) is 0 Å². The highest BCUT2D eigenvalue weighted by Gasteiger charge is 2.16. The van der Waals surface area contributed by atoms with Crippen LogP contribution >= 0.6 is 0 Å². The molecule has 0 fully saturated rings. The van der Waals surface area contributed by atoms with E-state index in [0.717, 1.165) is 22.3 Å². The van der Waals surface area contributed by atoms with E-state index in [2.05, 4.69) is 10.6 Å². The molecule has 1 aromatic carbocycles. The summed E-state index contributed by atoms with van der Waals surface area (Å²) in [5.74, 6) is 0. The van der Waals surface area contributed by atoms with Gasteiger partial charge in [-0.2, -0.15) is 0 Å². The van der Waals surface area contributed by atoms with Crippen molar-refractivity contribution in [3.63, 3.8) is 0 Å². The normalized spacial score (nSPS) is 10.9. The van der Waals surface area contributed by atoms with Crippen molar-refractivity contribution in [2.24, 2.45) is 0 Å². The van der Waals surface area contributed by atoms with Gasteiger partial charge in [-0.3, -0.25) is 0 Å². The Morgan fingerprint density at radius 1 is 0.781 bits per heavy atom. The second kappa shape index (κ2) is 16.5. The van der Waals surface area contributed by atoms with Crippen molar-refractivity contribution in [2.45, 2.75) is 53.6 Å². The number of amides is 2. The first kappa shape index (κ1) is 26.9. The number of carbonyl (C=O) groups excluding carboxylic acids is 2. The maximum atomic E-state index is 11.9. The van der Waals surface area contributed by atoms with E-state index in [9.17, 15) is 9.59 Å². The van der Waals surface area contributed by atoms with Crippen molar-refractivity contribution in [3.8, 4) is 0 Å². The van der Waals surface area contributed by atoms with Crippen LogP contribution in [0.25, 0.3) is 0 Å². The van der Waals surface area contributed by atoms with Crippen molar-refractivity contribution < 1.29 is 28.5 Å². The van der Waals surface area contributed by atoms with Crippen LogP contribution in [0, 0.1) is 0 Å². The highest BCUT2D eigenvalue weighted by molar-refractivity contribution is 5.68. The van der Waals surface area contributed by atoms with E-state index in [1.807, 2.05) is 38.1 Å². The molecule has 0 unspecified atom stereocenters. The first-order chi connectivity index (χ1) is 15.6. The number of ether oxygens (including phenoxy) is 4. The molecule has 0 aliphatic rings. The average Bonchev–Trinajstić information content (AvgIpc) is 2.78. The number of benzene rings is 1. The van der Waals surface area contributed by atoms with Crippen LogP contribution in [0.15, 0.2) is 36.8 Å². The van der Waals surface area contributed by atoms with Crippen LogP contribution in [0.4, 0.5) is 9.59 Å². The quantitative estimate of drug-likeness (QED) is 0.324. The topological polar surface area (TPSA) is 95.1 Å². The Morgan fingerprint density at radius 3 is 1.88 bits per heavy atom. The summed E-state index contributed by atoms with van der Waals surface area (Å²) in [4.78, 5) is 23.7. The lowest BCUT2D eigenvalue weighted by atomic mass is 9.92. The molecule has 1 aromatic rings. The molecule has 0 saturated carbocycles. The highest BCUT2D eigenvalue weighted by Crippen LogP contribution is 2.22. The molecule has 8 nitrogen and oxygen atoms in total. The predicted molar refractivity (Wildman–Crippen MR) is 123 cm³/mol. The molecule has 0 heterocycles. The van der Waals surface area contributed by atoms with Crippen LogP contribution in [0.2, 0.25) is 0 Å². The lowest BCUT2D eigenvalue weighted by molar-refractivity contribution is 0.151. The number of hydrogen-bond acceptors (Lipinski definition) is 6. The average molecular weight is 449 g/mol. The molecule has 0 radical (unpaired) electrons. The Morgan fingerprint density at radius 2 is 1.31 bits per heavy atom. The molecule has 0 atom stereocenters. The van der Waals surface area contributed by atoms with E-state index in [1.54, 1.807) is 26.4 Å². The Balaban J connectivity index is 3.20. The summed E-state index contributed by atoms with van der Waals surface area (Å²) < 4.78 is 21.0. The number of nitrogens with one attached hydrogen (secondary N) is 2. The van der Waals surface area contributed by atoms with Gasteiger partial charge in [0.1, 0.15) is 0 Å². The second-order valence-corrected chi connectivity index (χ2v) is 6.67. The van der Waals surface area contributed by atoms with Gasteiger partial charge in [-0.15, -0.1) is 0 Å². The summed E-state index contributed by atoms with van der Waals surface area (Å²) in [7, 11) is 0. The van der Waals surface area contributed by atoms with Crippen molar-refractivity contribution in [1.29, 1.82) is 0 Å². The third-order valence-corrected chi connectivity index (χ3v) is 4.43. The predicted octanol–water partition coefficient (Wildman–Crippen LogP) is 4.36. The van der Waals surface area contributed by atoms with Crippen molar-refractivity contribution in [1.82, 2.24) is 10.6 Å². The standard InChI is InChI=1S/C24H36N2O6/c1-5-13-29-15-11-19-9-10-20(17-25-23(27)31-7-3)21(12-16-30-14-6-2)22(19)18-26-24(28)32-8-4/h5-6,9-10,13-14H,7-8,11-12,15-18H2,1-4H3,(H,25,27)(H,26,28)/b13-5+,14-6+. The molecule has 2 amide bonds. The number of carbonyl (C=O) groups is 2. The molecule has 0 spiro atoms. The van der Waals surface area contributed by atoms with Gasteiger partial charge >= 0.3 is 12.2 Å². The zero-order valence-corrected chi connectivity index (χ0v) is 19.6. The molecular weight excluding hydrogens is 412 g/mol. The SMILES string of the molecule is C/C=C/OCCc1ccc(CNC(=O)OCC)c(CCO/C=C/C)c1CNC(=O)OCC. The molecule has 2 N–H and O–H groups in total. The van der Waals surface area contributed by atoms with E-state index in [1.165, 1.54) is 0 Å². The monoisotopic (exact) mass is 448 g/mol. The first-order valence-corrected chi connectivity index (χ1v) is 11.0. The fraction of sp³-hybridized carbons (Fsp3) is 0.500. The molecule has 8 heteroatoms. The lowest BCUT2D eigenvalue weighted by Crippen LogP contribution is -2.27. The first-order valence-electron chi connectivity index (χ1n) is 11.0. The summed E-state index contributed by atoms with van der Waals surface area (Å²) in [6.07, 6.45) is 7.26. The third kappa shape index (κ3) is 10.2. The number of rotatable bonds is 14. The Bertz CT molecular complexity index is 761. The van der Waals surface area contributed by atoms with Gasteiger partial charge in [-0.05, 0) is 49.9 Å². The minimum absolute atomic E-state index is 0.295. The van der Waals surface area contributed by atoms with Gasteiger partial charge in [0.05, 0.1) is 39.0 Å². The molecule has 1 rings (SSSR count). The molecule has 0 saturated heterocycles. The van der Waals surface area contributed by atoms with Crippen LogP contribution in [-0.4, -0.2) is 38.6 Å². The van der Waals surface area contributed by atoms with Gasteiger partial charge in [-0.1, -0.05) is 24.3 Å². The van der Waals surface area contributed by atoms with Crippen LogP contribution in [0.3, 0.4) is 0 Å². The van der Waals surface area contributed by atoms with Crippen molar-refractivity contribution in [2.75, 3.05) is 26.4 Å². The minimum Gasteiger partial charge on any atom is -0.501 e. The van der Waals surface area contributed by atoms with E-state index in [-0.39, 0.29) is 0 Å².